The van der Waals surface area contributed by atoms with Gasteiger partial charge in [0.1, 0.15) is 6.04 Å². The van der Waals surface area contributed by atoms with Gasteiger partial charge in [-0.05, 0) is 18.3 Å². The van der Waals surface area contributed by atoms with Crippen LogP contribution in [-0.2, 0) is 14.4 Å². The van der Waals surface area contributed by atoms with Crippen LogP contribution in [0.3, 0.4) is 0 Å². The summed E-state index contributed by atoms with van der Waals surface area (Å²) in [5.74, 6) is -1.54. The summed E-state index contributed by atoms with van der Waals surface area (Å²) in [6, 6.07) is -0.930. The van der Waals surface area contributed by atoms with Crippen molar-refractivity contribution in [3.63, 3.8) is 0 Å². The summed E-state index contributed by atoms with van der Waals surface area (Å²) in [5.41, 5.74) is 0. The van der Waals surface area contributed by atoms with E-state index >= 15 is 0 Å². The molecule has 2 amide bonds. The number of carbonyl (C=O) groups excluding carboxylic acids is 2. The maximum Gasteiger partial charge on any atom is 0.326 e. The van der Waals surface area contributed by atoms with Gasteiger partial charge in [-0.2, -0.15) is 0 Å². The lowest BCUT2D eigenvalue weighted by Gasteiger charge is -2.18. The number of carbonyl (C=O) groups is 3. The highest BCUT2D eigenvalue weighted by molar-refractivity contribution is 5.87. The fourth-order valence-corrected chi connectivity index (χ4v) is 1.43. The van der Waals surface area contributed by atoms with Crippen molar-refractivity contribution < 1.29 is 19.5 Å². The molecule has 0 bridgehead atoms. The van der Waals surface area contributed by atoms with Gasteiger partial charge in [0.2, 0.25) is 11.8 Å². The standard InChI is InChI=1S/C13H24N2O4/c1-8(2)5-6-10(16)14-7-11(17)15-12(9(3)4)13(18)19/h8-9,12H,5-7H2,1-4H3,(H,14,16)(H,15,17)(H,18,19)/t12-/m0/s1. The van der Waals surface area contributed by atoms with Crippen LogP contribution in [0.2, 0.25) is 0 Å². The average molecular weight is 272 g/mol. The Kier molecular flexibility index (Phi) is 7.79. The van der Waals surface area contributed by atoms with Gasteiger partial charge in [-0.25, -0.2) is 4.79 Å². The molecule has 0 aliphatic rings. The number of hydrogen-bond donors (Lipinski definition) is 3. The summed E-state index contributed by atoms with van der Waals surface area (Å²) >= 11 is 0. The lowest BCUT2D eigenvalue weighted by atomic mass is 10.0. The summed E-state index contributed by atoms with van der Waals surface area (Å²) in [6.07, 6.45) is 1.13. The van der Waals surface area contributed by atoms with Crippen LogP contribution in [0.5, 0.6) is 0 Å². The number of nitrogens with one attached hydrogen (secondary N) is 2. The zero-order valence-electron chi connectivity index (χ0n) is 12.0. The van der Waals surface area contributed by atoms with E-state index in [4.69, 9.17) is 5.11 Å². The fraction of sp³-hybridized carbons (Fsp3) is 0.769. The Morgan fingerprint density at radius 2 is 1.63 bits per heavy atom. The molecular formula is C13H24N2O4. The van der Waals surface area contributed by atoms with Gasteiger partial charge < -0.3 is 15.7 Å². The molecule has 6 nitrogen and oxygen atoms in total. The largest absolute Gasteiger partial charge is 0.480 e. The van der Waals surface area contributed by atoms with E-state index in [-0.39, 0.29) is 18.4 Å². The molecule has 1 atom stereocenters. The Morgan fingerprint density at radius 3 is 2.05 bits per heavy atom. The fourth-order valence-electron chi connectivity index (χ4n) is 1.43. The SMILES string of the molecule is CC(C)CCC(=O)NCC(=O)N[C@H](C(=O)O)C(C)C. The van der Waals surface area contributed by atoms with Gasteiger partial charge in [0.05, 0.1) is 6.54 Å². The van der Waals surface area contributed by atoms with Gasteiger partial charge in [-0.1, -0.05) is 27.7 Å². The first-order valence-corrected chi connectivity index (χ1v) is 6.52. The monoisotopic (exact) mass is 272 g/mol. The first kappa shape index (κ1) is 17.4. The summed E-state index contributed by atoms with van der Waals surface area (Å²) in [5, 5.41) is 13.8. The van der Waals surface area contributed by atoms with Gasteiger partial charge in [0, 0.05) is 6.42 Å². The zero-order chi connectivity index (χ0) is 15.0. The molecule has 19 heavy (non-hydrogen) atoms. The number of amides is 2. The molecule has 0 spiro atoms. The van der Waals surface area contributed by atoms with Crippen molar-refractivity contribution >= 4 is 17.8 Å². The van der Waals surface area contributed by atoms with E-state index in [1.807, 2.05) is 13.8 Å². The van der Waals surface area contributed by atoms with Crippen molar-refractivity contribution in [3.8, 4) is 0 Å². The summed E-state index contributed by atoms with van der Waals surface area (Å²) in [4.78, 5) is 33.8. The van der Waals surface area contributed by atoms with Crippen molar-refractivity contribution in [1.82, 2.24) is 10.6 Å². The Morgan fingerprint density at radius 1 is 1.05 bits per heavy atom. The van der Waals surface area contributed by atoms with Crippen molar-refractivity contribution in [3.05, 3.63) is 0 Å². The molecule has 0 unspecified atom stereocenters. The molecule has 0 aromatic carbocycles. The smallest absolute Gasteiger partial charge is 0.326 e. The maximum absolute atomic E-state index is 11.5. The third kappa shape index (κ3) is 8.18. The van der Waals surface area contributed by atoms with E-state index in [0.717, 1.165) is 6.42 Å². The Hall–Kier alpha value is -1.59. The van der Waals surface area contributed by atoms with Crippen molar-refractivity contribution in [2.45, 2.75) is 46.6 Å². The van der Waals surface area contributed by atoms with Gasteiger partial charge in [-0.3, -0.25) is 9.59 Å². The first-order valence-electron chi connectivity index (χ1n) is 6.52. The third-order valence-corrected chi connectivity index (χ3v) is 2.64. The van der Waals surface area contributed by atoms with Crippen LogP contribution in [0.25, 0.3) is 0 Å². The van der Waals surface area contributed by atoms with Crippen LogP contribution in [0.1, 0.15) is 40.5 Å². The van der Waals surface area contributed by atoms with Crippen LogP contribution in [0.15, 0.2) is 0 Å². The molecule has 0 radical (unpaired) electrons. The van der Waals surface area contributed by atoms with Gasteiger partial charge in [0.15, 0.2) is 0 Å². The van der Waals surface area contributed by atoms with Crippen LogP contribution >= 0.6 is 0 Å². The number of rotatable bonds is 8. The second kappa shape index (κ2) is 8.50. The van der Waals surface area contributed by atoms with Crippen LogP contribution in [0.4, 0.5) is 0 Å². The number of hydrogen-bond acceptors (Lipinski definition) is 3. The molecule has 0 rings (SSSR count). The molecule has 0 saturated heterocycles. The minimum atomic E-state index is -1.07. The van der Waals surface area contributed by atoms with E-state index in [2.05, 4.69) is 10.6 Å². The minimum absolute atomic E-state index is 0.187. The highest BCUT2D eigenvalue weighted by atomic mass is 16.4. The van der Waals surface area contributed by atoms with E-state index in [9.17, 15) is 14.4 Å². The third-order valence-electron chi connectivity index (χ3n) is 2.64. The Labute approximate surface area is 113 Å². The van der Waals surface area contributed by atoms with E-state index < -0.39 is 17.9 Å². The van der Waals surface area contributed by atoms with Crippen molar-refractivity contribution in [1.29, 1.82) is 0 Å². The van der Waals surface area contributed by atoms with Gasteiger partial charge >= 0.3 is 5.97 Å². The molecular weight excluding hydrogens is 248 g/mol. The zero-order valence-corrected chi connectivity index (χ0v) is 12.0. The summed E-state index contributed by atoms with van der Waals surface area (Å²) in [7, 11) is 0. The van der Waals surface area contributed by atoms with E-state index in [1.54, 1.807) is 13.8 Å². The molecule has 0 aromatic rings. The van der Waals surface area contributed by atoms with Crippen molar-refractivity contribution in [2.75, 3.05) is 6.54 Å². The topological polar surface area (TPSA) is 95.5 Å². The normalized spacial score (nSPS) is 12.3. The molecule has 0 aliphatic heterocycles. The van der Waals surface area contributed by atoms with E-state index in [1.165, 1.54) is 0 Å². The van der Waals surface area contributed by atoms with Crippen LogP contribution in [0, 0.1) is 11.8 Å². The molecule has 0 saturated carbocycles. The summed E-state index contributed by atoms with van der Waals surface area (Å²) in [6.45, 7) is 7.26. The predicted octanol–water partition coefficient (Wildman–Crippen LogP) is 0.764. The molecule has 0 aromatic heterocycles. The lowest BCUT2D eigenvalue weighted by molar-refractivity contribution is -0.143. The molecule has 110 valence electrons. The molecule has 6 heteroatoms. The molecule has 0 aliphatic carbocycles. The number of carboxylic acid groups (broad SMARTS) is 1. The highest BCUT2D eigenvalue weighted by Crippen LogP contribution is 2.03. The van der Waals surface area contributed by atoms with Crippen LogP contribution in [-0.4, -0.2) is 35.5 Å². The van der Waals surface area contributed by atoms with E-state index in [0.29, 0.717) is 12.3 Å². The van der Waals surface area contributed by atoms with Crippen LogP contribution < -0.4 is 10.6 Å². The molecule has 0 heterocycles. The van der Waals surface area contributed by atoms with Gasteiger partial charge in [-0.15, -0.1) is 0 Å². The Bertz CT molecular complexity index is 327. The number of carboxylic acids is 1. The van der Waals surface area contributed by atoms with Crippen molar-refractivity contribution in [2.24, 2.45) is 11.8 Å². The maximum atomic E-state index is 11.5. The quantitative estimate of drug-likeness (QED) is 0.608. The highest BCUT2D eigenvalue weighted by Gasteiger charge is 2.23. The molecule has 0 fully saturated rings. The minimum Gasteiger partial charge on any atom is -0.480 e. The number of aliphatic carboxylic acids is 1. The predicted molar refractivity (Wildman–Crippen MR) is 71.5 cm³/mol. The van der Waals surface area contributed by atoms with Gasteiger partial charge in [0.25, 0.3) is 0 Å². The summed E-state index contributed by atoms with van der Waals surface area (Å²) < 4.78 is 0. The Balaban J connectivity index is 4.04. The second-order valence-electron chi connectivity index (χ2n) is 5.34. The first-order chi connectivity index (χ1) is 8.73. The lowest BCUT2D eigenvalue weighted by Crippen LogP contribution is -2.48. The average Bonchev–Trinajstić information content (AvgIpc) is 2.29. The second-order valence-corrected chi connectivity index (χ2v) is 5.34. The molecule has 3 N–H and O–H groups in total.